The van der Waals surface area contributed by atoms with Crippen molar-refractivity contribution in [3.63, 3.8) is 0 Å². The summed E-state index contributed by atoms with van der Waals surface area (Å²) in [7, 11) is 0. The highest BCUT2D eigenvalue weighted by atomic mass is 16.2. The van der Waals surface area contributed by atoms with Gasteiger partial charge in [-0.2, -0.15) is 0 Å². The Morgan fingerprint density at radius 3 is 2.83 bits per heavy atom. The Morgan fingerprint density at radius 1 is 1.03 bits per heavy atom. The van der Waals surface area contributed by atoms with Gasteiger partial charge in [0.1, 0.15) is 5.69 Å². The Hall–Kier alpha value is -4.07. The maximum Gasteiger partial charge on any atom is 0.276 e. The minimum absolute atomic E-state index is 0.285. The maximum atomic E-state index is 12.8. The zero-order valence-corrected chi connectivity index (χ0v) is 15.4. The predicted molar refractivity (Wildman–Crippen MR) is 110 cm³/mol. The molecule has 0 aliphatic carbocycles. The molecule has 1 amide bonds. The van der Waals surface area contributed by atoms with Crippen molar-refractivity contribution in [3.8, 4) is 0 Å². The highest BCUT2D eigenvalue weighted by molar-refractivity contribution is 6.04. The van der Waals surface area contributed by atoms with E-state index in [9.17, 15) is 4.79 Å². The van der Waals surface area contributed by atoms with Crippen LogP contribution in [0.15, 0.2) is 67.3 Å². The third-order valence-electron chi connectivity index (χ3n) is 4.74. The molecule has 5 aromatic rings. The smallest absolute Gasteiger partial charge is 0.276 e. The summed E-state index contributed by atoms with van der Waals surface area (Å²) in [5.41, 5.74) is 4.51. The van der Waals surface area contributed by atoms with Gasteiger partial charge >= 0.3 is 0 Å². The van der Waals surface area contributed by atoms with Crippen LogP contribution in [0.1, 0.15) is 16.2 Å². The SMILES string of the molecule is O=C(Nc1nc2ccccc2n1CCc1ccccn1)c1cc2nc[nH]c2cn1. The molecule has 0 saturated carbocycles. The number of anilines is 1. The number of imidazole rings is 2. The van der Waals surface area contributed by atoms with Gasteiger partial charge in [-0.05, 0) is 30.3 Å². The number of carbonyl (C=O) groups is 1. The van der Waals surface area contributed by atoms with E-state index in [-0.39, 0.29) is 11.6 Å². The zero-order valence-electron chi connectivity index (χ0n) is 15.4. The van der Waals surface area contributed by atoms with Gasteiger partial charge in [0.05, 0.1) is 34.6 Å². The van der Waals surface area contributed by atoms with Gasteiger partial charge < -0.3 is 9.55 Å². The number of nitrogens with zero attached hydrogens (tertiary/aromatic N) is 5. The monoisotopic (exact) mass is 383 g/mol. The molecule has 0 bridgehead atoms. The van der Waals surface area contributed by atoms with Crippen LogP contribution in [-0.2, 0) is 13.0 Å². The van der Waals surface area contributed by atoms with Crippen molar-refractivity contribution in [2.75, 3.05) is 5.32 Å². The summed E-state index contributed by atoms with van der Waals surface area (Å²) < 4.78 is 2.00. The highest BCUT2D eigenvalue weighted by Crippen LogP contribution is 2.21. The van der Waals surface area contributed by atoms with Gasteiger partial charge in [-0.25, -0.2) is 15.0 Å². The summed E-state index contributed by atoms with van der Waals surface area (Å²) >= 11 is 0. The molecule has 0 radical (unpaired) electrons. The largest absolute Gasteiger partial charge is 0.343 e. The number of aromatic amines is 1. The van der Waals surface area contributed by atoms with Crippen molar-refractivity contribution in [2.45, 2.75) is 13.0 Å². The van der Waals surface area contributed by atoms with E-state index in [0.717, 1.165) is 28.7 Å². The lowest BCUT2D eigenvalue weighted by molar-refractivity contribution is 0.102. The van der Waals surface area contributed by atoms with Crippen LogP contribution in [0.4, 0.5) is 5.95 Å². The lowest BCUT2D eigenvalue weighted by Crippen LogP contribution is -2.18. The molecule has 0 atom stereocenters. The minimum Gasteiger partial charge on any atom is -0.343 e. The molecule has 0 saturated heterocycles. The minimum atomic E-state index is -0.329. The molecule has 0 fully saturated rings. The molecule has 0 spiro atoms. The normalized spacial score (nSPS) is 11.2. The van der Waals surface area contributed by atoms with Crippen molar-refractivity contribution in [1.82, 2.24) is 29.5 Å². The zero-order chi connectivity index (χ0) is 19.6. The summed E-state index contributed by atoms with van der Waals surface area (Å²) in [6.07, 6.45) is 5.68. The second kappa shape index (κ2) is 7.16. The molecule has 0 unspecified atom stereocenters. The topological polar surface area (TPSA) is 101 Å². The fourth-order valence-corrected chi connectivity index (χ4v) is 3.29. The second-order valence-electron chi connectivity index (χ2n) is 6.59. The first-order valence-corrected chi connectivity index (χ1v) is 9.23. The average molecular weight is 383 g/mol. The average Bonchev–Trinajstić information content (AvgIpc) is 3.36. The Bertz CT molecular complexity index is 1310. The molecule has 8 heteroatoms. The summed E-state index contributed by atoms with van der Waals surface area (Å²) in [5, 5.41) is 2.90. The third-order valence-corrected chi connectivity index (χ3v) is 4.74. The van der Waals surface area contributed by atoms with Crippen LogP contribution >= 0.6 is 0 Å². The van der Waals surface area contributed by atoms with Crippen LogP contribution in [0.2, 0.25) is 0 Å². The Morgan fingerprint density at radius 2 is 1.93 bits per heavy atom. The van der Waals surface area contributed by atoms with Crippen molar-refractivity contribution >= 4 is 33.9 Å². The third kappa shape index (κ3) is 3.31. The molecule has 2 N–H and O–H groups in total. The Kier molecular flexibility index (Phi) is 4.21. The van der Waals surface area contributed by atoms with Crippen molar-refractivity contribution in [1.29, 1.82) is 0 Å². The summed E-state index contributed by atoms with van der Waals surface area (Å²) in [6.45, 7) is 0.638. The van der Waals surface area contributed by atoms with Crippen LogP contribution in [-0.4, -0.2) is 35.4 Å². The molecule has 4 heterocycles. The fraction of sp³-hybridized carbons (Fsp3) is 0.0952. The van der Waals surface area contributed by atoms with Crippen LogP contribution in [0.3, 0.4) is 0 Å². The number of fused-ring (bicyclic) bond motifs is 2. The van der Waals surface area contributed by atoms with Crippen molar-refractivity contribution < 1.29 is 4.79 Å². The Labute approximate surface area is 165 Å². The van der Waals surface area contributed by atoms with Crippen LogP contribution < -0.4 is 5.32 Å². The van der Waals surface area contributed by atoms with Gasteiger partial charge in [-0.1, -0.05) is 18.2 Å². The predicted octanol–water partition coefficient (Wildman–Crippen LogP) is 3.20. The maximum absolute atomic E-state index is 12.8. The van der Waals surface area contributed by atoms with Crippen LogP contribution in [0, 0.1) is 0 Å². The van der Waals surface area contributed by atoms with E-state index in [1.165, 1.54) is 0 Å². The van der Waals surface area contributed by atoms with Crippen LogP contribution in [0.5, 0.6) is 0 Å². The van der Waals surface area contributed by atoms with E-state index in [4.69, 9.17) is 0 Å². The number of rotatable bonds is 5. The molecule has 5 rings (SSSR count). The quantitative estimate of drug-likeness (QED) is 0.485. The molecule has 29 heavy (non-hydrogen) atoms. The number of para-hydroxylation sites is 2. The molecular formula is C21H17N7O. The summed E-state index contributed by atoms with van der Waals surface area (Å²) in [4.78, 5) is 33.2. The highest BCUT2D eigenvalue weighted by Gasteiger charge is 2.16. The molecule has 1 aromatic carbocycles. The lowest BCUT2D eigenvalue weighted by Gasteiger charge is -2.10. The number of amides is 1. The van der Waals surface area contributed by atoms with Gasteiger partial charge in [0, 0.05) is 24.9 Å². The van der Waals surface area contributed by atoms with E-state index in [1.54, 1.807) is 24.8 Å². The van der Waals surface area contributed by atoms with Gasteiger partial charge in [0.2, 0.25) is 5.95 Å². The number of nitrogens with one attached hydrogen (secondary N) is 2. The van der Waals surface area contributed by atoms with Crippen molar-refractivity contribution in [3.05, 3.63) is 78.6 Å². The first kappa shape index (κ1) is 17.1. The lowest BCUT2D eigenvalue weighted by atomic mass is 10.2. The number of aryl methyl sites for hydroxylation is 2. The number of hydrogen-bond donors (Lipinski definition) is 2. The molecule has 0 aliphatic heterocycles. The van der Waals surface area contributed by atoms with Crippen molar-refractivity contribution in [2.24, 2.45) is 0 Å². The van der Waals surface area contributed by atoms with Gasteiger partial charge in [0.15, 0.2) is 0 Å². The number of H-pyrrole nitrogens is 1. The van der Waals surface area contributed by atoms with Gasteiger partial charge in [-0.3, -0.25) is 15.1 Å². The van der Waals surface area contributed by atoms with E-state index in [0.29, 0.717) is 18.0 Å². The molecule has 0 aliphatic rings. The molecule has 142 valence electrons. The summed E-state index contributed by atoms with van der Waals surface area (Å²) in [5.74, 6) is 0.153. The standard InChI is InChI=1S/C21H17N7O/c29-20(17-11-16-18(12-23-17)25-13-24-16)27-21-26-15-6-1-2-7-19(15)28(21)10-8-14-5-3-4-9-22-14/h1-7,9,11-13H,8,10H2,(H,24,25)(H,26,27,29). The van der Waals surface area contributed by atoms with E-state index >= 15 is 0 Å². The molecule has 8 nitrogen and oxygen atoms in total. The first-order valence-electron chi connectivity index (χ1n) is 9.23. The molecular weight excluding hydrogens is 366 g/mol. The fourth-order valence-electron chi connectivity index (χ4n) is 3.29. The van der Waals surface area contributed by atoms with Crippen LogP contribution in [0.25, 0.3) is 22.1 Å². The number of pyridine rings is 2. The van der Waals surface area contributed by atoms with Gasteiger partial charge in [0.25, 0.3) is 5.91 Å². The van der Waals surface area contributed by atoms with E-state index in [2.05, 4.69) is 30.2 Å². The number of carbonyl (C=O) groups excluding carboxylic acids is 1. The summed E-state index contributed by atoms with van der Waals surface area (Å²) in [6, 6.07) is 15.3. The van der Waals surface area contributed by atoms with E-state index < -0.39 is 0 Å². The van der Waals surface area contributed by atoms with E-state index in [1.807, 2.05) is 47.0 Å². The molecule has 4 aromatic heterocycles. The second-order valence-corrected chi connectivity index (χ2v) is 6.59. The Balaban J connectivity index is 1.46. The first-order chi connectivity index (χ1) is 14.3. The number of hydrogen-bond acceptors (Lipinski definition) is 5. The van der Waals surface area contributed by atoms with Gasteiger partial charge in [-0.15, -0.1) is 0 Å². The number of benzene rings is 1. The number of aromatic nitrogens is 6.